The molecule has 0 saturated carbocycles. The van der Waals surface area contributed by atoms with Gasteiger partial charge in [-0.3, -0.25) is 9.48 Å². The van der Waals surface area contributed by atoms with Gasteiger partial charge in [-0.1, -0.05) is 11.6 Å². The standard InChI is InChI=1S/C15H13ClN4O/c1-10-12(9-18-20(10)2)7-11(8-17)15(21)19-14-5-3-13(16)4-6-14/h3-7,9H,1-2H3,(H,19,21). The van der Waals surface area contributed by atoms with Crippen LogP contribution in [0.4, 0.5) is 5.69 Å². The molecule has 1 aromatic heterocycles. The Morgan fingerprint density at radius 3 is 2.62 bits per heavy atom. The first-order valence-corrected chi connectivity index (χ1v) is 6.56. The Bertz CT molecular complexity index is 738. The van der Waals surface area contributed by atoms with Crippen LogP contribution in [0.25, 0.3) is 6.08 Å². The van der Waals surface area contributed by atoms with E-state index in [1.165, 1.54) is 6.08 Å². The zero-order valence-corrected chi connectivity index (χ0v) is 12.3. The summed E-state index contributed by atoms with van der Waals surface area (Å²) in [6.45, 7) is 1.87. The van der Waals surface area contributed by atoms with E-state index >= 15 is 0 Å². The minimum atomic E-state index is -0.469. The predicted octanol–water partition coefficient (Wildman–Crippen LogP) is 2.93. The molecule has 0 saturated heterocycles. The SMILES string of the molecule is Cc1c(C=C(C#N)C(=O)Nc2ccc(Cl)cc2)cnn1C. The Balaban J connectivity index is 2.21. The number of carbonyl (C=O) groups excluding carboxylic acids is 1. The molecular formula is C15H13ClN4O. The molecule has 1 aromatic carbocycles. The second-order valence-corrected chi connectivity index (χ2v) is 4.88. The number of nitrogens with zero attached hydrogens (tertiary/aromatic N) is 3. The van der Waals surface area contributed by atoms with Crippen molar-refractivity contribution in [1.29, 1.82) is 5.26 Å². The lowest BCUT2D eigenvalue weighted by Crippen LogP contribution is -2.13. The molecule has 106 valence electrons. The van der Waals surface area contributed by atoms with Crippen LogP contribution in [0, 0.1) is 18.3 Å². The number of aromatic nitrogens is 2. The maximum atomic E-state index is 12.1. The molecule has 0 bridgehead atoms. The van der Waals surface area contributed by atoms with Gasteiger partial charge < -0.3 is 5.32 Å². The van der Waals surface area contributed by atoms with Crippen molar-refractivity contribution < 1.29 is 4.79 Å². The Hall–Kier alpha value is -2.58. The van der Waals surface area contributed by atoms with Gasteiger partial charge in [-0.25, -0.2) is 0 Å². The van der Waals surface area contributed by atoms with Gasteiger partial charge in [-0.05, 0) is 37.3 Å². The summed E-state index contributed by atoms with van der Waals surface area (Å²) in [4.78, 5) is 12.1. The molecule has 2 aromatic rings. The maximum Gasteiger partial charge on any atom is 0.266 e. The van der Waals surface area contributed by atoms with E-state index < -0.39 is 5.91 Å². The molecule has 1 amide bonds. The molecule has 0 fully saturated rings. The maximum absolute atomic E-state index is 12.1. The smallest absolute Gasteiger partial charge is 0.266 e. The third-order valence-electron chi connectivity index (χ3n) is 3.04. The third-order valence-corrected chi connectivity index (χ3v) is 3.29. The van der Waals surface area contributed by atoms with Crippen molar-refractivity contribution in [3.05, 3.63) is 52.3 Å². The van der Waals surface area contributed by atoms with Crippen LogP contribution in [0.1, 0.15) is 11.3 Å². The fraction of sp³-hybridized carbons (Fsp3) is 0.133. The van der Waals surface area contributed by atoms with E-state index in [1.54, 1.807) is 42.2 Å². The normalized spacial score (nSPS) is 11.0. The Labute approximate surface area is 127 Å². The van der Waals surface area contributed by atoms with Gasteiger partial charge in [0.05, 0.1) is 6.20 Å². The molecule has 0 spiro atoms. The first-order chi connectivity index (χ1) is 10.0. The number of nitrogens with one attached hydrogen (secondary N) is 1. The fourth-order valence-electron chi connectivity index (χ4n) is 1.69. The molecule has 1 N–H and O–H groups in total. The van der Waals surface area contributed by atoms with Gasteiger partial charge in [-0.2, -0.15) is 10.4 Å². The van der Waals surface area contributed by atoms with Crippen LogP contribution >= 0.6 is 11.6 Å². The van der Waals surface area contributed by atoms with Crippen molar-refractivity contribution >= 4 is 29.3 Å². The van der Waals surface area contributed by atoms with E-state index in [-0.39, 0.29) is 5.57 Å². The van der Waals surface area contributed by atoms with Crippen molar-refractivity contribution in [1.82, 2.24) is 9.78 Å². The molecule has 0 aliphatic carbocycles. The molecule has 2 rings (SSSR count). The second-order valence-electron chi connectivity index (χ2n) is 4.44. The highest BCUT2D eigenvalue weighted by atomic mass is 35.5. The van der Waals surface area contributed by atoms with Crippen molar-refractivity contribution in [3.63, 3.8) is 0 Å². The molecule has 5 nitrogen and oxygen atoms in total. The van der Waals surface area contributed by atoms with E-state index in [2.05, 4.69) is 10.4 Å². The van der Waals surface area contributed by atoms with Gasteiger partial charge in [0.25, 0.3) is 5.91 Å². The van der Waals surface area contributed by atoms with E-state index in [1.807, 2.05) is 13.0 Å². The second kappa shape index (κ2) is 6.25. The monoisotopic (exact) mass is 300 g/mol. The lowest BCUT2D eigenvalue weighted by Gasteiger charge is -2.04. The van der Waals surface area contributed by atoms with Crippen LogP contribution in [-0.2, 0) is 11.8 Å². The van der Waals surface area contributed by atoms with E-state index in [9.17, 15) is 4.79 Å². The number of hydrogen-bond donors (Lipinski definition) is 1. The zero-order valence-electron chi connectivity index (χ0n) is 11.6. The summed E-state index contributed by atoms with van der Waals surface area (Å²) in [7, 11) is 1.80. The van der Waals surface area contributed by atoms with Gasteiger partial charge in [0.1, 0.15) is 11.6 Å². The third kappa shape index (κ3) is 3.50. The van der Waals surface area contributed by atoms with Crippen molar-refractivity contribution in [2.24, 2.45) is 7.05 Å². The van der Waals surface area contributed by atoms with Crippen LogP contribution in [0.3, 0.4) is 0 Å². The molecule has 1 heterocycles. The molecular weight excluding hydrogens is 288 g/mol. The largest absolute Gasteiger partial charge is 0.321 e. The molecule has 0 radical (unpaired) electrons. The van der Waals surface area contributed by atoms with Crippen LogP contribution in [0.2, 0.25) is 5.02 Å². The number of halogens is 1. The highest BCUT2D eigenvalue weighted by Crippen LogP contribution is 2.16. The molecule has 0 unspecified atom stereocenters. The fourth-order valence-corrected chi connectivity index (χ4v) is 1.82. The summed E-state index contributed by atoms with van der Waals surface area (Å²) in [6.07, 6.45) is 3.13. The first kappa shape index (κ1) is 14.8. The minimum absolute atomic E-state index is 0.0149. The summed E-state index contributed by atoms with van der Waals surface area (Å²) in [5.41, 5.74) is 2.21. The number of carbonyl (C=O) groups is 1. The van der Waals surface area contributed by atoms with E-state index in [0.29, 0.717) is 10.7 Å². The zero-order chi connectivity index (χ0) is 15.4. The summed E-state index contributed by atoms with van der Waals surface area (Å²) >= 11 is 5.78. The average Bonchev–Trinajstić information content (AvgIpc) is 2.78. The molecule has 6 heteroatoms. The lowest BCUT2D eigenvalue weighted by molar-refractivity contribution is -0.112. The quantitative estimate of drug-likeness (QED) is 0.700. The predicted molar refractivity (Wildman–Crippen MR) is 81.6 cm³/mol. The van der Waals surface area contributed by atoms with Crippen LogP contribution in [0.5, 0.6) is 0 Å². The Kier molecular flexibility index (Phi) is 4.41. The summed E-state index contributed by atoms with van der Waals surface area (Å²) in [5, 5.41) is 16.5. The van der Waals surface area contributed by atoms with Crippen LogP contribution < -0.4 is 5.32 Å². The number of hydrogen-bond acceptors (Lipinski definition) is 3. The number of benzene rings is 1. The first-order valence-electron chi connectivity index (χ1n) is 6.18. The summed E-state index contributed by atoms with van der Waals surface area (Å²) < 4.78 is 1.68. The molecule has 0 aliphatic rings. The molecule has 21 heavy (non-hydrogen) atoms. The van der Waals surface area contributed by atoms with E-state index in [4.69, 9.17) is 16.9 Å². The number of nitriles is 1. The summed E-state index contributed by atoms with van der Waals surface area (Å²) in [5.74, 6) is -0.469. The summed E-state index contributed by atoms with van der Waals surface area (Å²) in [6, 6.07) is 8.58. The highest BCUT2D eigenvalue weighted by molar-refractivity contribution is 6.30. The van der Waals surface area contributed by atoms with Gasteiger partial charge in [0.2, 0.25) is 0 Å². The number of amides is 1. The van der Waals surface area contributed by atoms with Gasteiger partial charge in [0, 0.05) is 29.0 Å². The number of anilines is 1. The van der Waals surface area contributed by atoms with Crippen LogP contribution in [0.15, 0.2) is 36.0 Å². The molecule has 0 atom stereocenters. The lowest BCUT2D eigenvalue weighted by atomic mass is 10.1. The van der Waals surface area contributed by atoms with Gasteiger partial charge >= 0.3 is 0 Å². The van der Waals surface area contributed by atoms with Crippen molar-refractivity contribution in [2.45, 2.75) is 6.92 Å². The topological polar surface area (TPSA) is 70.7 Å². The van der Waals surface area contributed by atoms with Crippen LogP contribution in [-0.4, -0.2) is 15.7 Å². The Morgan fingerprint density at radius 1 is 1.43 bits per heavy atom. The Morgan fingerprint density at radius 2 is 2.10 bits per heavy atom. The van der Waals surface area contributed by atoms with Gasteiger partial charge in [-0.15, -0.1) is 0 Å². The van der Waals surface area contributed by atoms with Crippen molar-refractivity contribution in [2.75, 3.05) is 5.32 Å². The number of aryl methyl sites for hydroxylation is 1. The average molecular weight is 301 g/mol. The molecule has 0 aliphatic heterocycles. The van der Waals surface area contributed by atoms with Gasteiger partial charge in [0.15, 0.2) is 0 Å². The number of rotatable bonds is 3. The van der Waals surface area contributed by atoms with Crippen molar-refractivity contribution in [3.8, 4) is 6.07 Å². The minimum Gasteiger partial charge on any atom is -0.321 e. The van der Waals surface area contributed by atoms with E-state index in [0.717, 1.165) is 11.3 Å². The highest BCUT2D eigenvalue weighted by Gasteiger charge is 2.11.